The predicted octanol–water partition coefficient (Wildman–Crippen LogP) is 5.76. The second kappa shape index (κ2) is 14.6. The lowest BCUT2D eigenvalue weighted by Crippen LogP contribution is -2.33. The van der Waals surface area contributed by atoms with Crippen LogP contribution in [0, 0.1) is 0 Å². The number of hydrogen-bond donors (Lipinski definition) is 1. The third-order valence-electron chi connectivity index (χ3n) is 6.85. The van der Waals surface area contributed by atoms with Crippen molar-refractivity contribution in [2.45, 2.75) is 51.1 Å². The highest BCUT2D eigenvalue weighted by atomic mass is 19.4. The van der Waals surface area contributed by atoms with Crippen LogP contribution in [0.5, 0.6) is 17.2 Å². The van der Waals surface area contributed by atoms with Gasteiger partial charge in [0.15, 0.2) is 23.0 Å². The minimum atomic E-state index is -5.89. The molecule has 0 radical (unpaired) electrons. The lowest BCUT2D eigenvalue weighted by Gasteiger charge is -2.28. The predicted molar refractivity (Wildman–Crippen MR) is 162 cm³/mol. The van der Waals surface area contributed by atoms with Gasteiger partial charge in [-0.15, -0.1) is 5.10 Å². The SMILES string of the molecule is CN(CCc1ccccn1)c1ccc2nc(NC(=O)c3cc(OC(=O)C(F)(F)F)c(C(C)(C)C)c(OC(=O)C(F)(F)F)c3OC(=O)C(F)(F)F)cn2n1. The number of aromatic nitrogens is 4. The Morgan fingerprint density at radius 1 is 0.811 bits per heavy atom. The normalized spacial score (nSPS) is 12.3. The van der Waals surface area contributed by atoms with Gasteiger partial charge in [-0.2, -0.15) is 39.5 Å². The Morgan fingerprint density at radius 3 is 1.94 bits per heavy atom. The minimum Gasteiger partial charge on any atom is -0.419 e. The zero-order chi connectivity index (χ0) is 39.7. The molecule has 0 aliphatic carbocycles. The van der Waals surface area contributed by atoms with Crippen LogP contribution in [0.2, 0.25) is 0 Å². The number of likely N-dealkylation sites (N-methyl/N-ethyl adjacent to an activating group) is 1. The molecule has 22 heteroatoms. The van der Waals surface area contributed by atoms with Gasteiger partial charge in [-0.25, -0.2) is 23.9 Å². The highest BCUT2D eigenvalue weighted by molar-refractivity contribution is 6.08. The Hall–Kier alpha value is -5.96. The van der Waals surface area contributed by atoms with Crippen molar-refractivity contribution >= 4 is 41.1 Å². The standard InChI is InChI=1S/C31H25F9N6O7/c1-28(2,3)21-17(51-25(48)29(32,33)34)13-16(22(52-26(49)30(35,36)37)23(21)53-27(50)31(38,39)40)24(47)43-18-14-46-19(42-18)8-9-20(44-46)45(4)12-10-15-7-5-6-11-41-15/h5-9,11,13-14H,10,12H2,1-4H3,(H,43,47). The molecule has 0 bridgehead atoms. The van der Waals surface area contributed by atoms with E-state index in [4.69, 9.17) is 0 Å². The molecule has 0 saturated carbocycles. The zero-order valence-corrected chi connectivity index (χ0v) is 27.5. The molecular formula is C31H25F9N6O7. The van der Waals surface area contributed by atoms with Gasteiger partial charge in [0.2, 0.25) is 0 Å². The molecule has 0 saturated heterocycles. The molecule has 13 nitrogen and oxygen atoms in total. The molecule has 4 aromatic rings. The second-order valence-electron chi connectivity index (χ2n) is 11.9. The van der Waals surface area contributed by atoms with Crippen LogP contribution in [0.4, 0.5) is 51.1 Å². The van der Waals surface area contributed by atoms with Gasteiger partial charge < -0.3 is 24.4 Å². The number of hydrogen-bond acceptors (Lipinski definition) is 11. The summed E-state index contributed by atoms with van der Waals surface area (Å²) in [6.07, 6.45) is -14.3. The number of amides is 1. The van der Waals surface area contributed by atoms with Gasteiger partial charge in [0.05, 0.1) is 11.8 Å². The Bertz CT molecular complexity index is 2040. The lowest BCUT2D eigenvalue weighted by atomic mass is 9.84. The highest BCUT2D eigenvalue weighted by Gasteiger charge is 2.48. The van der Waals surface area contributed by atoms with E-state index in [9.17, 15) is 58.7 Å². The summed E-state index contributed by atoms with van der Waals surface area (Å²) in [5, 5.41) is 6.38. The third kappa shape index (κ3) is 9.68. The van der Waals surface area contributed by atoms with Crippen LogP contribution in [-0.2, 0) is 26.2 Å². The number of rotatable bonds is 9. The first-order chi connectivity index (χ1) is 24.4. The van der Waals surface area contributed by atoms with Gasteiger partial charge in [-0.05, 0) is 35.7 Å². The van der Waals surface area contributed by atoms with E-state index in [1.54, 1.807) is 24.2 Å². The first-order valence-electron chi connectivity index (χ1n) is 14.7. The van der Waals surface area contributed by atoms with Crippen molar-refractivity contribution in [2.75, 3.05) is 23.8 Å². The van der Waals surface area contributed by atoms with Gasteiger partial charge in [0, 0.05) is 37.5 Å². The quantitative estimate of drug-likeness (QED) is 0.126. The Labute approximate surface area is 291 Å². The molecular weight excluding hydrogens is 739 g/mol. The number of imidazole rings is 1. The number of nitrogens with one attached hydrogen (secondary N) is 1. The summed E-state index contributed by atoms with van der Waals surface area (Å²) < 4.78 is 134. The van der Waals surface area contributed by atoms with Gasteiger partial charge >= 0.3 is 36.4 Å². The fraction of sp³-hybridized carbons (Fsp3) is 0.323. The summed E-state index contributed by atoms with van der Waals surface area (Å²) in [4.78, 5) is 59.4. The number of halogens is 9. The van der Waals surface area contributed by atoms with Crippen molar-refractivity contribution in [1.82, 2.24) is 19.6 Å². The van der Waals surface area contributed by atoms with Crippen molar-refractivity contribution in [2.24, 2.45) is 0 Å². The molecule has 53 heavy (non-hydrogen) atoms. The highest BCUT2D eigenvalue weighted by Crippen LogP contribution is 2.48. The van der Waals surface area contributed by atoms with Crippen LogP contribution in [0.3, 0.4) is 0 Å². The Balaban J connectivity index is 1.84. The van der Waals surface area contributed by atoms with E-state index in [-0.39, 0.29) is 11.7 Å². The monoisotopic (exact) mass is 764 g/mol. The second-order valence-corrected chi connectivity index (χ2v) is 11.9. The lowest BCUT2D eigenvalue weighted by molar-refractivity contribution is -0.192. The van der Waals surface area contributed by atoms with Crippen LogP contribution in [0.15, 0.2) is 48.8 Å². The molecule has 0 aliphatic rings. The average Bonchev–Trinajstić information content (AvgIpc) is 3.44. The maximum atomic E-state index is 13.6. The van der Waals surface area contributed by atoms with Crippen molar-refractivity contribution in [1.29, 1.82) is 0 Å². The number of pyridine rings is 1. The number of alkyl halides is 9. The molecule has 3 heterocycles. The smallest absolute Gasteiger partial charge is 0.419 e. The van der Waals surface area contributed by atoms with Crippen LogP contribution < -0.4 is 24.4 Å². The molecule has 0 unspecified atom stereocenters. The van der Waals surface area contributed by atoms with Crippen LogP contribution in [0.25, 0.3) is 5.65 Å². The van der Waals surface area contributed by atoms with E-state index in [2.05, 4.69) is 29.3 Å². The van der Waals surface area contributed by atoms with E-state index in [1.165, 1.54) is 12.1 Å². The van der Waals surface area contributed by atoms with Crippen molar-refractivity contribution < 1.29 is 72.9 Å². The summed E-state index contributed by atoms with van der Waals surface area (Å²) in [5.74, 6) is -16.0. The molecule has 0 aliphatic heterocycles. The van der Waals surface area contributed by atoms with E-state index in [0.717, 1.165) is 37.2 Å². The van der Waals surface area contributed by atoms with E-state index in [1.807, 2.05) is 17.4 Å². The molecule has 1 N–H and O–H groups in total. The Morgan fingerprint density at radius 2 is 1.40 bits per heavy atom. The average molecular weight is 765 g/mol. The van der Waals surface area contributed by atoms with Gasteiger partial charge in [0.1, 0.15) is 11.6 Å². The fourth-order valence-electron chi connectivity index (χ4n) is 4.50. The number of ether oxygens (including phenoxy) is 3. The van der Waals surface area contributed by atoms with Crippen molar-refractivity contribution in [3.05, 3.63) is 65.6 Å². The molecule has 0 fully saturated rings. The third-order valence-corrected chi connectivity index (χ3v) is 6.85. The summed E-state index contributed by atoms with van der Waals surface area (Å²) in [6.45, 7) is 3.57. The number of anilines is 2. The largest absolute Gasteiger partial charge is 0.491 e. The van der Waals surface area contributed by atoms with Crippen LogP contribution >= 0.6 is 0 Å². The topological polar surface area (TPSA) is 154 Å². The van der Waals surface area contributed by atoms with Crippen LogP contribution in [-0.4, -0.2) is 75.5 Å². The molecule has 284 valence electrons. The minimum absolute atomic E-state index is 0.0635. The van der Waals surface area contributed by atoms with Gasteiger partial charge in [-0.1, -0.05) is 26.8 Å². The number of benzene rings is 1. The fourth-order valence-corrected chi connectivity index (χ4v) is 4.50. The maximum Gasteiger partial charge on any atom is 0.491 e. The number of fused-ring (bicyclic) bond motifs is 1. The van der Waals surface area contributed by atoms with E-state index in [0.29, 0.717) is 18.8 Å². The first-order valence-corrected chi connectivity index (χ1v) is 14.7. The van der Waals surface area contributed by atoms with E-state index >= 15 is 0 Å². The van der Waals surface area contributed by atoms with E-state index < -0.39 is 82.0 Å². The number of nitrogens with zero attached hydrogens (tertiary/aromatic N) is 5. The zero-order valence-electron chi connectivity index (χ0n) is 27.5. The van der Waals surface area contributed by atoms with Gasteiger partial charge in [-0.3, -0.25) is 9.78 Å². The molecule has 0 atom stereocenters. The molecule has 1 aromatic carbocycles. The van der Waals surface area contributed by atoms with Gasteiger partial charge in [0.25, 0.3) is 5.91 Å². The summed E-state index contributed by atoms with van der Waals surface area (Å²) in [5.41, 5.74) is -3.56. The first kappa shape index (κ1) is 39.8. The van der Waals surface area contributed by atoms with Crippen molar-refractivity contribution in [3.63, 3.8) is 0 Å². The molecule has 4 rings (SSSR count). The molecule has 3 aromatic heterocycles. The van der Waals surface area contributed by atoms with Crippen molar-refractivity contribution in [3.8, 4) is 17.2 Å². The molecule has 0 spiro atoms. The number of carbonyl (C=O) groups is 4. The molecule has 1 amide bonds. The van der Waals surface area contributed by atoms with Crippen LogP contribution in [0.1, 0.15) is 42.4 Å². The maximum absolute atomic E-state index is 13.6. The summed E-state index contributed by atoms with van der Waals surface area (Å²) >= 11 is 0. The Kier molecular flexibility index (Phi) is 11.0. The number of esters is 3. The number of carbonyl (C=O) groups excluding carboxylic acids is 4. The summed E-state index contributed by atoms with van der Waals surface area (Å²) in [7, 11) is 1.70. The summed E-state index contributed by atoms with van der Waals surface area (Å²) in [6, 6.07) is 8.53.